The van der Waals surface area contributed by atoms with E-state index in [1.165, 1.54) is 0 Å². The molecule has 132 valence electrons. The van der Waals surface area contributed by atoms with Crippen LogP contribution in [-0.2, 0) is 11.3 Å². The Morgan fingerprint density at radius 3 is 2.65 bits per heavy atom. The summed E-state index contributed by atoms with van der Waals surface area (Å²) in [6.07, 6.45) is 2.27. The van der Waals surface area contributed by atoms with Crippen LogP contribution >= 0.6 is 24.0 Å². The molecule has 0 unspecified atom stereocenters. The number of nitrogens with zero attached hydrogens (tertiary/aromatic N) is 1. The summed E-state index contributed by atoms with van der Waals surface area (Å²) in [6.45, 7) is 7.85. The minimum atomic E-state index is 0. The van der Waals surface area contributed by atoms with Gasteiger partial charge in [-0.25, -0.2) is 0 Å². The maximum atomic E-state index is 5.69. The van der Waals surface area contributed by atoms with Gasteiger partial charge in [0.25, 0.3) is 0 Å². The molecule has 0 aliphatic carbocycles. The summed E-state index contributed by atoms with van der Waals surface area (Å²) in [5, 5.41) is 6.51. The maximum Gasteiger partial charge on any atom is 0.191 e. The number of guanidine groups is 1. The molecule has 0 aliphatic heterocycles. The third-order valence-electron chi connectivity index (χ3n) is 3.11. The number of benzene rings is 1. The maximum absolute atomic E-state index is 5.69. The molecule has 1 aromatic carbocycles. The molecule has 5 nitrogen and oxygen atoms in total. The Labute approximate surface area is 157 Å². The lowest BCUT2D eigenvalue weighted by Gasteiger charge is -2.12. The van der Waals surface area contributed by atoms with E-state index in [0.29, 0.717) is 13.2 Å². The lowest BCUT2D eigenvalue weighted by Crippen LogP contribution is -2.39. The summed E-state index contributed by atoms with van der Waals surface area (Å²) in [5.41, 5.74) is 1.06. The molecule has 1 aromatic rings. The fraction of sp³-hybridized carbons (Fsp3) is 0.588. The van der Waals surface area contributed by atoms with Crippen LogP contribution < -0.4 is 15.4 Å². The molecule has 0 atom stereocenters. The molecule has 2 N–H and O–H groups in total. The topological polar surface area (TPSA) is 54.9 Å². The van der Waals surface area contributed by atoms with Gasteiger partial charge in [-0.1, -0.05) is 31.5 Å². The van der Waals surface area contributed by atoms with Crippen LogP contribution in [0, 0.1) is 0 Å². The molecule has 0 bridgehead atoms. The van der Waals surface area contributed by atoms with Gasteiger partial charge in [-0.15, -0.1) is 24.0 Å². The minimum absolute atomic E-state index is 0. The Hall–Kier alpha value is -1.02. The van der Waals surface area contributed by atoms with Crippen molar-refractivity contribution in [3.63, 3.8) is 0 Å². The van der Waals surface area contributed by atoms with Gasteiger partial charge in [-0.05, 0) is 19.4 Å². The van der Waals surface area contributed by atoms with E-state index in [1.807, 2.05) is 24.3 Å². The second-order valence-electron chi connectivity index (χ2n) is 4.91. The summed E-state index contributed by atoms with van der Waals surface area (Å²) >= 11 is 0. The van der Waals surface area contributed by atoms with Crippen LogP contribution in [0.5, 0.6) is 5.75 Å². The average molecular weight is 435 g/mol. The van der Waals surface area contributed by atoms with Gasteiger partial charge in [-0.3, -0.25) is 4.99 Å². The first-order valence-electron chi connectivity index (χ1n) is 8.03. The highest BCUT2D eigenvalue weighted by Crippen LogP contribution is 2.17. The van der Waals surface area contributed by atoms with E-state index in [0.717, 1.165) is 49.7 Å². The fourth-order valence-corrected chi connectivity index (χ4v) is 1.94. The highest BCUT2D eigenvalue weighted by Gasteiger charge is 2.01. The summed E-state index contributed by atoms with van der Waals surface area (Å²) in [5.74, 6) is 1.72. The number of aliphatic imine (C=N–C) groups is 1. The lowest BCUT2D eigenvalue weighted by atomic mass is 10.2. The lowest BCUT2D eigenvalue weighted by molar-refractivity contribution is 0.123. The second-order valence-corrected chi connectivity index (χ2v) is 4.91. The van der Waals surface area contributed by atoms with Crippen molar-refractivity contribution in [1.82, 2.24) is 10.6 Å². The zero-order chi connectivity index (χ0) is 16.0. The van der Waals surface area contributed by atoms with Crippen molar-refractivity contribution < 1.29 is 9.47 Å². The van der Waals surface area contributed by atoms with E-state index in [1.54, 1.807) is 7.11 Å². The molecule has 0 spiro atoms. The van der Waals surface area contributed by atoms with Crippen LogP contribution in [0.25, 0.3) is 0 Å². The van der Waals surface area contributed by atoms with Crippen LogP contribution in [-0.4, -0.2) is 39.3 Å². The first-order valence-corrected chi connectivity index (χ1v) is 8.03. The van der Waals surface area contributed by atoms with Gasteiger partial charge in [0, 0.05) is 25.2 Å². The molecule has 0 amide bonds. The molecular formula is C17H30IN3O2. The van der Waals surface area contributed by atoms with Crippen LogP contribution in [0.3, 0.4) is 0 Å². The van der Waals surface area contributed by atoms with Crippen molar-refractivity contribution in [3.8, 4) is 5.75 Å². The standard InChI is InChI=1S/C17H29N3O2.HI/c1-4-6-11-19-17(18-5-2)20-12-13-22-14-15-9-7-8-10-16(15)21-3;/h7-10H,4-6,11-14H2,1-3H3,(H2,18,19,20);1H. The van der Waals surface area contributed by atoms with Crippen molar-refractivity contribution in [1.29, 1.82) is 0 Å². The minimum Gasteiger partial charge on any atom is -0.496 e. The first kappa shape index (κ1) is 22.0. The van der Waals surface area contributed by atoms with Gasteiger partial charge >= 0.3 is 0 Å². The molecule has 0 heterocycles. The quantitative estimate of drug-likeness (QED) is 0.257. The molecule has 0 aliphatic rings. The molecule has 0 aromatic heterocycles. The molecule has 0 saturated heterocycles. The number of halogens is 1. The molecule has 6 heteroatoms. The van der Waals surface area contributed by atoms with Crippen LogP contribution in [0.4, 0.5) is 0 Å². The normalized spacial score (nSPS) is 10.8. The van der Waals surface area contributed by atoms with Crippen molar-refractivity contribution in [3.05, 3.63) is 29.8 Å². The summed E-state index contributed by atoms with van der Waals surface area (Å²) in [6, 6.07) is 7.91. The Morgan fingerprint density at radius 1 is 1.17 bits per heavy atom. The van der Waals surface area contributed by atoms with Gasteiger partial charge < -0.3 is 20.1 Å². The molecule has 0 radical (unpaired) electrons. The fourth-order valence-electron chi connectivity index (χ4n) is 1.94. The van der Waals surface area contributed by atoms with E-state index in [2.05, 4.69) is 29.5 Å². The SMILES string of the molecule is CCCCN=C(NCC)NCCOCc1ccccc1OC.I. The van der Waals surface area contributed by atoms with E-state index in [-0.39, 0.29) is 24.0 Å². The predicted molar refractivity (Wildman–Crippen MR) is 107 cm³/mol. The molecule has 0 fully saturated rings. The number of hydrogen-bond donors (Lipinski definition) is 2. The Kier molecular flexibility index (Phi) is 13.9. The van der Waals surface area contributed by atoms with Crippen LogP contribution in [0.2, 0.25) is 0 Å². The van der Waals surface area contributed by atoms with E-state index >= 15 is 0 Å². The zero-order valence-corrected chi connectivity index (χ0v) is 16.8. The summed E-state index contributed by atoms with van der Waals surface area (Å²) in [7, 11) is 1.68. The van der Waals surface area contributed by atoms with E-state index in [4.69, 9.17) is 9.47 Å². The van der Waals surface area contributed by atoms with Gasteiger partial charge in [0.1, 0.15) is 5.75 Å². The first-order chi connectivity index (χ1) is 10.8. The molecule has 23 heavy (non-hydrogen) atoms. The van der Waals surface area contributed by atoms with Gasteiger partial charge in [0.2, 0.25) is 0 Å². The Balaban J connectivity index is 0.00000484. The number of nitrogens with one attached hydrogen (secondary N) is 2. The van der Waals surface area contributed by atoms with E-state index in [9.17, 15) is 0 Å². The third-order valence-corrected chi connectivity index (χ3v) is 3.11. The second kappa shape index (κ2) is 14.6. The van der Waals surface area contributed by atoms with E-state index < -0.39 is 0 Å². The summed E-state index contributed by atoms with van der Waals surface area (Å²) in [4.78, 5) is 4.51. The third kappa shape index (κ3) is 9.65. The highest BCUT2D eigenvalue weighted by molar-refractivity contribution is 14.0. The Morgan fingerprint density at radius 2 is 1.96 bits per heavy atom. The summed E-state index contributed by atoms with van der Waals surface area (Å²) < 4.78 is 11.0. The van der Waals surface area contributed by atoms with Crippen molar-refractivity contribution >= 4 is 29.9 Å². The number of unbranched alkanes of at least 4 members (excludes halogenated alkanes) is 1. The molecule has 0 saturated carbocycles. The largest absolute Gasteiger partial charge is 0.496 e. The number of para-hydroxylation sites is 1. The number of rotatable bonds is 10. The van der Waals surface area contributed by atoms with Gasteiger partial charge in [-0.2, -0.15) is 0 Å². The number of ether oxygens (including phenoxy) is 2. The Bertz CT molecular complexity index is 442. The van der Waals surface area contributed by atoms with Gasteiger partial charge in [0.15, 0.2) is 5.96 Å². The molecular weight excluding hydrogens is 405 g/mol. The highest BCUT2D eigenvalue weighted by atomic mass is 127. The smallest absolute Gasteiger partial charge is 0.191 e. The molecule has 1 rings (SSSR count). The monoisotopic (exact) mass is 435 g/mol. The number of hydrogen-bond acceptors (Lipinski definition) is 3. The van der Waals surface area contributed by atoms with Gasteiger partial charge in [0.05, 0.1) is 20.3 Å². The predicted octanol–water partition coefficient (Wildman–Crippen LogP) is 3.19. The van der Waals surface area contributed by atoms with Crippen LogP contribution in [0.15, 0.2) is 29.3 Å². The van der Waals surface area contributed by atoms with Crippen LogP contribution in [0.1, 0.15) is 32.3 Å². The zero-order valence-electron chi connectivity index (χ0n) is 14.4. The van der Waals surface area contributed by atoms with Crippen molar-refractivity contribution in [2.24, 2.45) is 4.99 Å². The van der Waals surface area contributed by atoms with Crippen molar-refractivity contribution in [2.75, 3.05) is 33.4 Å². The average Bonchev–Trinajstić information content (AvgIpc) is 2.55. The van der Waals surface area contributed by atoms with Crippen molar-refractivity contribution in [2.45, 2.75) is 33.3 Å². The number of methoxy groups -OCH3 is 1.